The van der Waals surface area contributed by atoms with Crippen LogP contribution in [0.25, 0.3) is 0 Å². The van der Waals surface area contributed by atoms with Crippen molar-refractivity contribution in [2.45, 2.75) is 55.3 Å². The van der Waals surface area contributed by atoms with Crippen LogP contribution in [0.3, 0.4) is 0 Å². The fourth-order valence-corrected chi connectivity index (χ4v) is 6.66. The molecule has 2 fully saturated rings. The number of piperidine rings is 1. The van der Waals surface area contributed by atoms with E-state index in [0.717, 1.165) is 22.9 Å². The van der Waals surface area contributed by atoms with Crippen LogP contribution in [0, 0.1) is 0 Å². The van der Waals surface area contributed by atoms with Crippen LogP contribution in [-0.4, -0.2) is 36.0 Å². The van der Waals surface area contributed by atoms with E-state index in [1.807, 2.05) is 0 Å². The van der Waals surface area contributed by atoms with E-state index < -0.39 is 10.0 Å². The Hall–Kier alpha value is -1.02. The summed E-state index contributed by atoms with van der Waals surface area (Å²) in [6, 6.07) is 6.39. The Labute approximate surface area is 163 Å². The maximum absolute atomic E-state index is 12.9. The monoisotopic (exact) mass is 411 g/mol. The van der Waals surface area contributed by atoms with Crippen LogP contribution >= 0.6 is 22.9 Å². The summed E-state index contributed by atoms with van der Waals surface area (Å²) in [7, 11) is -3.50. The number of nitrogens with zero attached hydrogens (tertiary/aromatic N) is 3. The van der Waals surface area contributed by atoms with E-state index in [2.05, 4.69) is 10.2 Å². The van der Waals surface area contributed by atoms with E-state index in [0.29, 0.717) is 28.9 Å². The molecule has 5 nitrogen and oxygen atoms in total. The Bertz CT molecular complexity index is 861. The van der Waals surface area contributed by atoms with Gasteiger partial charge >= 0.3 is 0 Å². The Morgan fingerprint density at radius 1 is 0.962 bits per heavy atom. The van der Waals surface area contributed by atoms with E-state index in [4.69, 9.17) is 11.6 Å². The first kappa shape index (κ1) is 18.3. The lowest BCUT2D eigenvalue weighted by Gasteiger charge is -2.30. The first-order valence-corrected chi connectivity index (χ1v) is 11.8. The zero-order valence-corrected chi connectivity index (χ0v) is 16.9. The highest BCUT2D eigenvalue weighted by atomic mass is 35.5. The highest BCUT2D eigenvalue weighted by Crippen LogP contribution is 2.38. The molecule has 1 aliphatic heterocycles. The fraction of sp³-hybridized carbons (Fsp3) is 0.556. The maximum Gasteiger partial charge on any atom is 0.243 e. The molecule has 4 rings (SSSR count). The minimum Gasteiger partial charge on any atom is -0.207 e. The molecule has 0 radical (unpaired) electrons. The van der Waals surface area contributed by atoms with Gasteiger partial charge in [0.1, 0.15) is 10.0 Å². The van der Waals surface area contributed by atoms with Gasteiger partial charge < -0.3 is 0 Å². The second-order valence-electron chi connectivity index (χ2n) is 7.12. The van der Waals surface area contributed by atoms with Crippen LogP contribution in [0.1, 0.15) is 60.4 Å². The smallest absolute Gasteiger partial charge is 0.207 e. The van der Waals surface area contributed by atoms with Gasteiger partial charge in [-0.2, -0.15) is 4.31 Å². The molecule has 1 saturated carbocycles. The topological polar surface area (TPSA) is 63.2 Å². The molecule has 2 heterocycles. The molecule has 1 aromatic heterocycles. The summed E-state index contributed by atoms with van der Waals surface area (Å²) in [4.78, 5) is 0.298. The predicted octanol–water partition coefficient (Wildman–Crippen LogP) is 4.42. The predicted molar refractivity (Wildman–Crippen MR) is 103 cm³/mol. The van der Waals surface area contributed by atoms with Gasteiger partial charge in [0.05, 0.1) is 4.90 Å². The molecule has 1 saturated heterocycles. The van der Waals surface area contributed by atoms with E-state index >= 15 is 0 Å². The summed E-state index contributed by atoms with van der Waals surface area (Å²) in [5.41, 5.74) is 0. The zero-order chi connectivity index (χ0) is 18.1. The van der Waals surface area contributed by atoms with Gasteiger partial charge in [-0.15, -0.1) is 21.5 Å². The SMILES string of the molecule is O=S(=O)(c1ccc(Cl)cc1)N1CCCC(c2nnc(C3CCCC3)s2)C1. The van der Waals surface area contributed by atoms with Gasteiger partial charge in [-0.05, 0) is 49.9 Å². The summed E-state index contributed by atoms with van der Waals surface area (Å²) in [5.74, 6) is 0.692. The van der Waals surface area contributed by atoms with Gasteiger partial charge in [-0.25, -0.2) is 8.42 Å². The third kappa shape index (κ3) is 3.67. The van der Waals surface area contributed by atoms with Gasteiger partial charge in [0.2, 0.25) is 10.0 Å². The first-order valence-electron chi connectivity index (χ1n) is 9.13. The van der Waals surface area contributed by atoms with Crippen LogP contribution < -0.4 is 0 Å². The Balaban J connectivity index is 1.51. The van der Waals surface area contributed by atoms with Crippen molar-refractivity contribution in [3.8, 4) is 0 Å². The number of benzene rings is 1. The number of rotatable bonds is 4. The highest BCUT2D eigenvalue weighted by molar-refractivity contribution is 7.89. The van der Waals surface area contributed by atoms with E-state index in [1.54, 1.807) is 39.9 Å². The second-order valence-corrected chi connectivity index (χ2v) is 10.5. The molecule has 0 spiro atoms. The molecule has 2 aliphatic rings. The number of halogens is 1. The Kier molecular flexibility index (Phi) is 5.32. The molecule has 1 aromatic carbocycles. The quantitative estimate of drug-likeness (QED) is 0.747. The minimum absolute atomic E-state index is 0.137. The standard InChI is InChI=1S/C18H22ClN3O2S2/c19-15-7-9-16(10-8-15)26(23,24)22-11-3-6-14(12-22)18-21-20-17(25-18)13-4-1-2-5-13/h7-10,13-14H,1-6,11-12H2. The van der Waals surface area contributed by atoms with Crippen LogP contribution in [0.2, 0.25) is 5.02 Å². The highest BCUT2D eigenvalue weighted by Gasteiger charge is 2.33. The van der Waals surface area contributed by atoms with Crippen molar-refractivity contribution in [3.05, 3.63) is 39.3 Å². The molecule has 2 aromatic rings. The first-order chi connectivity index (χ1) is 12.5. The average Bonchev–Trinajstić information content (AvgIpc) is 3.34. The van der Waals surface area contributed by atoms with E-state index in [1.165, 1.54) is 25.7 Å². The largest absolute Gasteiger partial charge is 0.243 e. The Morgan fingerprint density at radius 3 is 2.27 bits per heavy atom. The molecular formula is C18H22ClN3O2S2. The van der Waals surface area contributed by atoms with Gasteiger partial charge in [0.15, 0.2) is 0 Å². The van der Waals surface area contributed by atoms with Crippen molar-refractivity contribution in [1.82, 2.24) is 14.5 Å². The summed E-state index contributed by atoms with van der Waals surface area (Å²) in [6.45, 7) is 1.03. The average molecular weight is 412 g/mol. The molecule has 0 bridgehead atoms. The lowest BCUT2D eigenvalue weighted by atomic mass is 10.0. The van der Waals surface area contributed by atoms with Crippen molar-refractivity contribution in [3.63, 3.8) is 0 Å². The van der Waals surface area contributed by atoms with Crippen molar-refractivity contribution in [2.75, 3.05) is 13.1 Å². The third-order valence-electron chi connectivity index (χ3n) is 5.35. The van der Waals surface area contributed by atoms with Crippen LogP contribution in [0.15, 0.2) is 29.2 Å². The van der Waals surface area contributed by atoms with Crippen LogP contribution in [0.5, 0.6) is 0 Å². The van der Waals surface area contributed by atoms with E-state index in [-0.39, 0.29) is 5.92 Å². The van der Waals surface area contributed by atoms with Crippen LogP contribution in [0.4, 0.5) is 0 Å². The Morgan fingerprint density at radius 2 is 1.58 bits per heavy atom. The minimum atomic E-state index is -3.50. The molecule has 1 unspecified atom stereocenters. The number of hydrogen-bond acceptors (Lipinski definition) is 5. The lowest BCUT2D eigenvalue weighted by molar-refractivity contribution is 0.314. The van der Waals surface area contributed by atoms with Gasteiger partial charge in [-0.3, -0.25) is 0 Å². The zero-order valence-electron chi connectivity index (χ0n) is 14.5. The molecule has 140 valence electrons. The number of hydrogen-bond donors (Lipinski definition) is 0. The van der Waals surface area contributed by atoms with Crippen LogP contribution in [-0.2, 0) is 10.0 Å². The fourth-order valence-electron chi connectivity index (χ4n) is 3.87. The van der Waals surface area contributed by atoms with Crippen molar-refractivity contribution >= 4 is 33.0 Å². The van der Waals surface area contributed by atoms with Crippen molar-refractivity contribution < 1.29 is 8.42 Å². The molecule has 0 amide bonds. The second kappa shape index (κ2) is 7.54. The van der Waals surface area contributed by atoms with Gasteiger partial charge in [0.25, 0.3) is 0 Å². The summed E-state index contributed by atoms with van der Waals surface area (Å²) < 4.78 is 27.5. The summed E-state index contributed by atoms with van der Waals surface area (Å²) in [5, 5.41) is 11.5. The number of aromatic nitrogens is 2. The summed E-state index contributed by atoms with van der Waals surface area (Å²) in [6.07, 6.45) is 6.76. The molecule has 8 heteroatoms. The van der Waals surface area contributed by atoms with Gasteiger partial charge in [0, 0.05) is 29.9 Å². The molecular weight excluding hydrogens is 390 g/mol. The summed E-state index contributed by atoms with van der Waals surface area (Å²) >= 11 is 7.57. The van der Waals surface area contributed by atoms with Crippen molar-refractivity contribution in [1.29, 1.82) is 0 Å². The number of sulfonamides is 1. The molecule has 26 heavy (non-hydrogen) atoms. The maximum atomic E-state index is 12.9. The van der Waals surface area contributed by atoms with Crippen molar-refractivity contribution in [2.24, 2.45) is 0 Å². The van der Waals surface area contributed by atoms with Gasteiger partial charge in [-0.1, -0.05) is 24.4 Å². The molecule has 1 aliphatic carbocycles. The lowest BCUT2D eigenvalue weighted by Crippen LogP contribution is -2.39. The third-order valence-corrected chi connectivity index (χ3v) is 8.73. The van der Waals surface area contributed by atoms with E-state index in [9.17, 15) is 8.42 Å². The molecule has 0 N–H and O–H groups in total. The molecule has 1 atom stereocenters. The normalized spacial score (nSPS) is 22.7.